The lowest BCUT2D eigenvalue weighted by molar-refractivity contribution is -0.104. The van der Waals surface area contributed by atoms with E-state index < -0.39 is 5.60 Å². The number of fused-ring (bicyclic) bond motifs is 1. The third-order valence-corrected chi connectivity index (χ3v) is 4.70. The fraction of sp³-hybridized carbons (Fsp3) is 0.857. The standard InChI is InChI=1S/C14H25NO/c1-4-14(16)10-11(3)15(5-2)13-9-7-6-8-12(13)14/h4,11-13,16H,1,5-10H2,2-3H3/t11-,12+,13+,14+/m0/s1. The Morgan fingerprint density at radius 1 is 1.44 bits per heavy atom. The Bertz CT molecular complexity index is 265. The molecule has 0 unspecified atom stereocenters. The summed E-state index contributed by atoms with van der Waals surface area (Å²) in [5, 5.41) is 10.7. The minimum absolute atomic E-state index is 0.412. The van der Waals surface area contributed by atoms with Crippen LogP contribution >= 0.6 is 0 Å². The van der Waals surface area contributed by atoms with E-state index in [0.717, 1.165) is 19.4 Å². The van der Waals surface area contributed by atoms with Crippen LogP contribution in [-0.4, -0.2) is 34.2 Å². The van der Waals surface area contributed by atoms with Crippen molar-refractivity contribution in [1.29, 1.82) is 0 Å². The molecule has 1 saturated heterocycles. The zero-order valence-electron chi connectivity index (χ0n) is 10.7. The van der Waals surface area contributed by atoms with Crippen LogP contribution < -0.4 is 0 Å². The molecule has 1 N–H and O–H groups in total. The molecule has 4 atom stereocenters. The SMILES string of the molecule is C=C[C@@]1(O)C[C@H](C)N(CC)[C@@H]2CCCC[C@H]21. The van der Waals surface area contributed by atoms with Crippen LogP contribution in [0.15, 0.2) is 12.7 Å². The zero-order valence-corrected chi connectivity index (χ0v) is 10.7. The molecule has 2 rings (SSSR count). The first-order valence-electron chi connectivity index (χ1n) is 6.74. The van der Waals surface area contributed by atoms with Gasteiger partial charge in [-0.3, -0.25) is 4.90 Å². The summed E-state index contributed by atoms with van der Waals surface area (Å²) in [4.78, 5) is 2.59. The quantitative estimate of drug-likeness (QED) is 0.727. The topological polar surface area (TPSA) is 23.5 Å². The van der Waals surface area contributed by atoms with E-state index in [4.69, 9.17) is 0 Å². The molecule has 2 heteroatoms. The molecule has 0 radical (unpaired) electrons. The van der Waals surface area contributed by atoms with Gasteiger partial charge in [-0.1, -0.05) is 25.8 Å². The third-order valence-electron chi connectivity index (χ3n) is 4.70. The van der Waals surface area contributed by atoms with Gasteiger partial charge in [0.25, 0.3) is 0 Å². The molecule has 16 heavy (non-hydrogen) atoms. The molecule has 1 heterocycles. The predicted molar refractivity (Wildman–Crippen MR) is 67.4 cm³/mol. The van der Waals surface area contributed by atoms with Crippen LogP contribution in [-0.2, 0) is 0 Å². The molecule has 2 nitrogen and oxygen atoms in total. The van der Waals surface area contributed by atoms with E-state index in [0.29, 0.717) is 18.0 Å². The Hall–Kier alpha value is -0.340. The second kappa shape index (κ2) is 4.50. The average Bonchev–Trinajstić information content (AvgIpc) is 2.30. The van der Waals surface area contributed by atoms with Gasteiger partial charge in [0, 0.05) is 18.0 Å². The van der Waals surface area contributed by atoms with Crippen molar-refractivity contribution in [2.45, 2.75) is 63.6 Å². The summed E-state index contributed by atoms with van der Waals surface area (Å²) in [6.07, 6.45) is 7.65. The van der Waals surface area contributed by atoms with E-state index in [1.807, 2.05) is 0 Å². The zero-order chi connectivity index (χ0) is 11.8. The van der Waals surface area contributed by atoms with Crippen LogP contribution in [0.5, 0.6) is 0 Å². The van der Waals surface area contributed by atoms with Gasteiger partial charge < -0.3 is 5.11 Å². The summed E-state index contributed by atoms with van der Waals surface area (Å²) in [5.74, 6) is 0.412. The highest BCUT2D eigenvalue weighted by Crippen LogP contribution is 2.44. The Labute approximate surface area is 99.3 Å². The van der Waals surface area contributed by atoms with Crippen molar-refractivity contribution in [1.82, 2.24) is 4.90 Å². The van der Waals surface area contributed by atoms with E-state index in [9.17, 15) is 5.11 Å². The molecule has 0 aromatic heterocycles. The van der Waals surface area contributed by atoms with Crippen molar-refractivity contribution < 1.29 is 5.11 Å². The fourth-order valence-corrected chi connectivity index (χ4v) is 3.94. The summed E-state index contributed by atoms with van der Waals surface area (Å²) in [6.45, 7) is 9.45. The summed E-state index contributed by atoms with van der Waals surface area (Å²) in [5.41, 5.74) is -0.615. The monoisotopic (exact) mass is 223 g/mol. The van der Waals surface area contributed by atoms with Gasteiger partial charge in [-0.25, -0.2) is 0 Å². The largest absolute Gasteiger partial charge is 0.385 e. The van der Waals surface area contributed by atoms with Gasteiger partial charge in [0.1, 0.15) is 0 Å². The normalized spacial score (nSPS) is 45.1. The van der Waals surface area contributed by atoms with Gasteiger partial charge in [-0.2, -0.15) is 0 Å². The Morgan fingerprint density at radius 3 is 2.75 bits per heavy atom. The smallest absolute Gasteiger partial charge is 0.0882 e. The first kappa shape index (κ1) is 12.1. The lowest BCUT2D eigenvalue weighted by atomic mass is 9.67. The number of aliphatic hydroxyl groups is 1. The molecule has 2 fully saturated rings. The number of nitrogens with zero attached hydrogens (tertiary/aromatic N) is 1. The maximum atomic E-state index is 10.7. The molecule has 0 spiro atoms. The highest BCUT2D eigenvalue weighted by Gasteiger charge is 2.48. The van der Waals surface area contributed by atoms with Crippen LogP contribution in [0.2, 0.25) is 0 Å². The molecule has 1 aliphatic heterocycles. The Kier molecular flexibility index (Phi) is 3.41. The lowest BCUT2D eigenvalue weighted by Crippen LogP contribution is -2.61. The molecular formula is C14H25NO. The summed E-state index contributed by atoms with van der Waals surface area (Å²) >= 11 is 0. The minimum atomic E-state index is -0.615. The van der Waals surface area contributed by atoms with Crippen LogP contribution in [0.3, 0.4) is 0 Å². The van der Waals surface area contributed by atoms with Gasteiger partial charge in [0.15, 0.2) is 0 Å². The molecule has 0 aromatic rings. The highest BCUT2D eigenvalue weighted by molar-refractivity contribution is 5.10. The number of piperidine rings is 1. The number of hydrogen-bond acceptors (Lipinski definition) is 2. The van der Waals surface area contributed by atoms with Crippen molar-refractivity contribution in [2.75, 3.05) is 6.54 Å². The molecule has 2 aliphatic rings. The second-order valence-electron chi connectivity index (χ2n) is 5.54. The predicted octanol–water partition coefficient (Wildman–Crippen LogP) is 2.58. The van der Waals surface area contributed by atoms with E-state index in [-0.39, 0.29) is 0 Å². The molecule has 92 valence electrons. The van der Waals surface area contributed by atoms with Crippen LogP contribution in [0, 0.1) is 5.92 Å². The molecular weight excluding hydrogens is 198 g/mol. The van der Waals surface area contributed by atoms with Crippen LogP contribution in [0.25, 0.3) is 0 Å². The van der Waals surface area contributed by atoms with E-state index in [2.05, 4.69) is 25.3 Å². The van der Waals surface area contributed by atoms with E-state index in [1.165, 1.54) is 19.3 Å². The number of rotatable bonds is 2. The summed E-state index contributed by atoms with van der Waals surface area (Å²) in [7, 11) is 0. The first-order chi connectivity index (χ1) is 7.62. The Balaban J connectivity index is 2.26. The molecule has 0 bridgehead atoms. The molecule has 0 amide bonds. The van der Waals surface area contributed by atoms with Crippen molar-refractivity contribution in [3.05, 3.63) is 12.7 Å². The van der Waals surface area contributed by atoms with Crippen molar-refractivity contribution in [2.24, 2.45) is 5.92 Å². The maximum Gasteiger partial charge on any atom is 0.0882 e. The number of likely N-dealkylation sites (tertiary alicyclic amines) is 1. The van der Waals surface area contributed by atoms with Gasteiger partial charge >= 0.3 is 0 Å². The molecule has 1 aliphatic carbocycles. The maximum absolute atomic E-state index is 10.7. The third kappa shape index (κ3) is 1.82. The molecule has 1 saturated carbocycles. The molecule has 0 aromatic carbocycles. The van der Waals surface area contributed by atoms with Crippen molar-refractivity contribution in [3.63, 3.8) is 0 Å². The lowest BCUT2D eigenvalue weighted by Gasteiger charge is -2.54. The highest BCUT2D eigenvalue weighted by atomic mass is 16.3. The first-order valence-corrected chi connectivity index (χ1v) is 6.74. The number of hydrogen-bond donors (Lipinski definition) is 1. The second-order valence-corrected chi connectivity index (χ2v) is 5.54. The Morgan fingerprint density at radius 2 is 2.12 bits per heavy atom. The van der Waals surface area contributed by atoms with Gasteiger partial charge in [0.05, 0.1) is 5.60 Å². The minimum Gasteiger partial charge on any atom is -0.385 e. The van der Waals surface area contributed by atoms with Crippen molar-refractivity contribution >= 4 is 0 Å². The fourth-order valence-electron chi connectivity index (χ4n) is 3.94. The van der Waals surface area contributed by atoms with E-state index >= 15 is 0 Å². The van der Waals surface area contributed by atoms with Crippen LogP contribution in [0.1, 0.15) is 46.0 Å². The summed E-state index contributed by atoms with van der Waals surface area (Å²) in [6, 6.07) is 1.05. The van der Waals surface area contributed by atoms with Gasteiger partial charge in [0.2, 0.25) is 0 Å². The average molecular weight is 223 g/mol. The van der Waals surface area contributed by atoms with E-state index in [1.54, 1.807) is 6.08 Å². The summed E-state index contributed by atoms with van der Waals surface area (Å²) < 4.78 is 0. The van der Waals surface area contributed by atoms with Crippen LogP contribution in [0.4, 0.5) is 0 Å². The van der Waals surface area contributed by atoms with Crippen molar-refractivity contribution in [3.8, 4) is 0 Å². The van der Waals surface area contributed by atoms with Gasteiger partial charge in [-0.05, 0) is 32.7 Å². The van der Waals surface area contributed by atoms with Gasteiger partial charge in [-0.15, -0.1) is 6.58 Å².